The minimum atomic E-state index is -0.109. The van der Waals surface area contributed by atoms with Crippen molar-refractivity contribution in [3.8, 4) is 5.75 Å². The fourth-order valence-electron chi connectivity index (χ4n) is 4.90. The highest BCUT2D eigenvalue weighted by Gasteiger charge is 2.29. The van der Waals surface area contributed by atoms with Crippen LogP contribution in [0.25, 0.3) is 10.8 Å². The summed E-state index contributed by atoms with van der Waals surface area (Å²) in [4.78, 5) is 15.8. The number of amides is 2. The molecule has 0 aliphatic carbocycles. The Kier molecular flexibility index (Phi) is 8.00. The van der Waals surface area contributed by atoms with Gasteiger partial charge in [0.25, 0.3) is 0 Å². The number of ether oxygens (including phenoxy) is 1. The maximum Gasteiger partial charge on any atom is 0.345 e. The number of nitrogens with zero attached hydrogens (tertiary/aromatic N) is 3. The molecule has 0 aromatic heterocycles. The van der Waals surface area contributed by atoms with Gasteiger partial charge in [-0.2, -0.15) is 5.10 Å². The Morgan fingerprint density at radius 2 is 1.55 bits per heavy atom. The van der Waals surface area contributed by atoms with Gasteiger partial charge < -0.3 is 10.5 Å². The third-order valence-corrected chi connectivity index (χ3v) is 6.99. The molecule has 0 unspecified atom stereocenters. The van der Waals surface area contributed by atoms with E-state index in [0.29, 0.717) is 26.1 Å². The van der Waals surface area contributed by atoms with E-state index >= 15 is 0 Å². The summed E-state index contributed by atoms with van der Waals surface area (Å²) in [7, 11) is 1.67. The molecule has 1 heterocycles. The zero-order valence-corrected chi connectivity index (χ0v) is 21.8. The second-order valence-electron chi connectivity index (χ2n) is 9.58. The van der Waals surface area contributed by atoms with Crippen LogP contribution in [-0.2, 0) is 13.0 Å². The van der Waals surface area contributed by atoms with E-state index in [4.69, 9.17) is 15.6 Å². The van der Waals surface area contributed by atoms with Crippen LogP contribution in [0.4, 0.5) is 10.5 Å². The molecule has 0 saturated heterocycles. The lowest BCUT2D eigenvalue weighted by Crippen LogP contribution is -2.40. The van der Waals surface area contributed by atoms with Crippen LogP contribution in [0.1, 0.15) is 36.0 Å². The lowest BCUT2D eigenvalue weighted by atomic mass is 9.99. The fraction of sp³-hybridized carbons (Fsp3) is 0.250. The molecule has 0 radical (unpaired) electrons. The number of fused-ring (bicyclic) bond motifs is 2. The number of nitrogens with two attached hydrogens (primary N) is 1. The van der Waals surface area contributed by atoms with Crippen molar-refractivity contribution < 1.29 is 9.53 Å². The van der Waals surface area contributed by atoms with Crippen molar-refractivity contribution in [3.63, 3.8) is 0 Å². The Labute approximate surface area is 224 Å². The molecule has 1 aliphatic rings. The van der Waals surface area contributed by atoms with Crippen LogP contribution < -0.4 is 15.4 Å². The summed E-state index contributed by atoms with van der Waals surface area (Å²) in [5.74, 6) is 0.840. The molecule has 1 aliphatic heterocycles. The average Bonchev–Trinajstić information content (AvgIpc) is 3.07. The number of benzene rings is 4. The van der Waals surface area contributed by atoms with Gasteiger partial charge in [0, 0.05) is 12.1 Å². The van der Waals surface area contributed by atoms with Gasteiger partial charge in [-0.1, -0.05) is 66.7 Å². The highest BCUT2D eigenvalue weighted by atomic mass is 16.5. The van der Waals surface area contributed by atoms with Gasteiger partial charge >= 0.3 is 6.03 Å². The number of anilines is 1. The van der Waals surface area contributed by atoms with E-state index in [9.17, 15) is 4.79 Å². The van der Waals surface area contributed by atoms with Gasteiger partial charge in [-0.3, -0.25) is 4.90 Å². The maximum atomic E-state index is 14.0. The number of aryl methyl sites for hydroxylation is 1. The zero-order valence-electron chi connectivity index (χ0n) is 21.8. The van der Waals surface area contributed by atoms with Gasteiger partial charge in [-0.25, -0.2) is 9.80 Å². The van der Waals surface area contributed by atoms with Crippen molar-refractivity contribution in [3.05, 3.63) is 108 Å². The number of unbranched alkanes of at least 4 members (excludes halogenated alkanes) is 1. The topological polar surface area (TPSA) is 71.2 Å². The van der Waals surface area contributed by atoms with Crippen LogP contribution in [0.2, 0.25) is 0 Å². The van der Waals surface area contributed by atoms with E-state index < -0.39 is 0 Å². The van der Waals surface area contributed by atoms with Gasteiger partial charge in [-0.05, 0) is 78.4 Å². The number of para-hydroxylation sites is 1. The molecule has 6 heteroatoms. The molecule has 2 amide bonds. The number of rotatable bonds is 10. The van der Waals surface area contributed by atoms with E-state index in [0.717, 1.165) is 52.9 Å². The Morgan fingerprint density at radius 3 is 2.34 bits per heavy atom. The summed E-state index contributed by atoms with van der Waals surface area (Å²) in [5, 5.41) is 8.94. The van der Waals surface area contributed by atoms with E-state index in [2.05, 4.69) is 48.5 Å². The molecule has 5 rings (SSSR count). The maximum absolute atomic E-state index is 14.0. The van der Waals surface area contributed by atoms with E-state index in [1.165, 1.54) is 10.9 Å². The Morgan fingerprint density at radius 1 is 0.816 bits per heavy atom. The Hall–Kier alpha value is -4.16. The van der Waals surface area contributed by atoms with Crippen LogP contribution in [-0.4, -0.2) is 37.0 Å². The highest BCUT2D eigenvalue weighted by Crippen LogP contribution is 2.30. The standard InChI is InChI=1S/C32H34N4O2/c1-38-28-17-13-24(14-18-28)15-19-30-29-10-4-5-11-31(29)35(32(37)36(34-30)21-7-6-20-33)23-25-12-16-26-8-2-3-9-27(26)22-25/h2-5,8-14,16-18,22H,6-7,15,19-21,23,33H2,1H3. The van der Waals surface area contributed by atoms with Crippen LogP contribution in [0.3, 0.4) is 0 Å². The van der Waals surface area contributed by atoms with Crippen molar-refractivity contribution in [2.24, 2.45) is 10.8 Å². The molecule has 194 valence electrons. The first kappa shape index (κ1) is 25.5. The number of urea groups is 1. The number of hydrogen-bond donors (Lipinski definition) is 1. The number of carbonyl (C=O) groups is 1. The van der Waals surface area contributed by atoms with E-state index in [1.807, 2.05) is 47.4 Å². The van der Waals surface area contributed by atoms with Crippen molar-refractivity contribution in [2.75, 3.05) is 25.1 Å². The largest absolute Gasteiger partial charge is 0.497 e. The third kappa shape index (κ3) is 5.71. The second-order valence-corrected chi connectivity index (χ2v) is 9.58. The van der Waals surface area contributed by atoms with Gasteiger partial charge in [0.05, 0.1) is 25.1 Å². The molecular formula is C32H34N4O2. The fourth-order valence-corrected chi connectivity index (χ4v) is 4.90. The molecule has 0 fully saturated rings. The summed E-state index contributed by atoms with van der Waals surface area (Å²) < 4.78 is 5.30. The van der Waals surface area contributed by atoms with Crippen LogP contribution >= 0.6 is 0 Å². The first-order chi connectivity index (χ1) is 18.7. The normalized spacial score (nSPS) is 13.3. The van der Waals surface area contributed by atoms with Crippen LogP contribution in [0, 0.1) is 0 Å². The summed E-state index contributed by atoms with van der Waals surface area (Å²) in [6.07, 6.45) is 3.18. The van der Waals surface area contributed by atoms with Crippen molar-refractivity contribution >= 4 is 28.2 Å². The molecule has 4 aromatic rings. The number of hydrazone groups is 1. The van der Waals surface area contributed by atoms with Gasteiger partial charge in [-0.15, -0.1) is 0 Å². The van der Waals surface area contributed by atoms with Crippen molar-refractivity contribution in [2.45, 2.75) is 32.2 Å². The van der Waals surface area contributed by atoms with E-state index in [1.54, 1.807) is 12.1 Å². The minimum absolute atomic E-state index is 0.109. The predicted molar refractivity (Wildman–Crippen MR) is 155 cm³/mol. The first-order valence-corrected chi connectivity index (χ1v) is 13.2. The van der Waals surface area contributed by atoms with Gasteiger partial charge in [0.15, 0.2) is 0 Å². The molecule has 0 saturated carbocycles. The molecule has 4 aromatic carbocycles. The summed E-state index contributed by atoms with van der Waals surface area (Å²) in [5.41, 5.74) is 10.8. The van der Waals surface area contributed by atoms with Crippen LogP contribution in [0.5, 0.6) is 5.75 Å². The highest BCUT2D eigenvalue weighted by molar-refractivity contribution is 6.10. The van der Waals surface area contributed by atoms with Gasteiger partial charge in [0.2, 0.25) is 0 Å². The molecule has 6 nitrogen and oxygen atoms in total. The average molecular weight is 507 g/mol. The number of hydrogen-bond acceptors (Lipinski definition) is 4. The zero-order chi connectivity index (χ0) is 26.3. The lowest BCUT2D eigenvalue weighted by molar-refractivity contribution is 0.206. The molecule has 38 heavy (non-hydrogen) atoms. The molecule has 0 bridgehead atoms. The minimum Gasteiger partial charge on any atom is -0.497 e. The Balaban J connectivity index is 1.48. The van der Waals surface area contributed by atoms with Crippen molar-refractivity contribution in [1.82, 2.24) is 5.01 Å². The third-order valence-electron chi connectivity index (χ3n) is 6.99. The smallest absolute Gasteiger partial charge is 0.345 e. The molecule has 0 spiro atoms. The SMILES string of the molecule is COc1ccc(CCC2=NN(CCCCN)C(=O)N(Cc3ccc4ccccc4c3)c3ccccc32)cc1. The number of carbonyl (C=O) groups excluding carboxylic acids is 1. The lowest BCUT2D eigenvalue weighted by Gasteiger charge is -2.27. The first-order valence-electron chi connectivity index (χ1n) is 13.2. The van der Waals surface area contributed by atoms with Gasteiger partial charge in [0.1, 0.15) is 5.75 Å². The van der Waals surface area contributed by atoms with Crippen LogP contribution in [0.15, 0.2) is 96.1 Å². The predicted octanol–water partition coefficient (Wildman–Crippen LogP) is 6.37. The molecule has 0 atom stereocenters. The summed E-state index contributed by atoms with van der Waals surface area (Å²) >= 11 is 0. The number of methoxy groups -OCH3 is 1. The summed E-state index contributed by atoms with van der Waals surface area (Å²) in [6, 6.07) is 30.8. The molecular weight excluding hydrogens is 472 g/mol. The summed E-state index contributed by atoms with van der Waals surface area (Å²) in [6.45, 7) is 1.59. The quantitative estimate of drug-likeness (QED) is 0.254. The van der Waals surface area contributed by atoms with Crippen molar-refractivity contribution in [1.29, 1.82) is 0 Å². The van der Waals surface area contributed by atoms with E-state index in [-0.39, 0.29) is 6.03 Å². The molecule has 2 N–H and O–H groups in total. The Bertz CT molecular complexity index is 1430. The monoisotopic (exact) mass is 506 g/mol. The second kappa shape index (κ2) is 11.9.